The molecular weight excluding hydrogens is 770 g/mol. The minimum absolute atomic E-state index is 0.00918. The number of amides is 2. The number of aliphatic hydroxyl groups is 5. The van der Waals surface area contributed by atoms with Crippen LogP contribution >= 0.6 is 0 Å². The van der Waals surface area contributed by atoms with Gasteiger partial charge in [0.25, 0.3) is 0 Å². The number of nitrogens with zero attached hydrogens (tertiary/aromatic N) is 2. The van der Waals surface area contributed by atoms with Crippen LogP contribution in [0.25, 0.3) is 0 Å². The van der Waals surface area contributed by atoms with Crippen molar-refractivity contribution in [2.45, 2.75) is 185 Å². The van der Waals surface area contributed by atoms with E-state index in [1.54, 1.807) is 60.6 Å². The predicted octanol–water partition coefficient (Wildman–Crippen LogP) is 3.10. The molecule has 1 aromatic rings. The average Bonchev–Trinajstić information content (AvgIpc) is 3.68. The van der Waals surface area contributed by atoms with Crippen LogP contribution in [0.15, 0.2) is 22.8 Å². The molecule has 4 rings (SSSR count). The van der Waals surface area contributed by atoms with Gasteiger partial charge in [0.1, 0.15) is 30.0 Å². The minimum Gasteiger partial charge on any atom is -0.459 e. The number of urea groups is 1. The fourth-order valence-electron chi connectivity index (χ4n) is 9.30. The van der Waals surface area contributed by atoms with Gasteiger partial charge in [-0.15, -0.1) is 0 Å². The third-order valence-corrected chi connectivity index (χ3v) is 12.9. The fourth-order valence-corrected chi connectivity index (χ4v) is 9.30. The normalized spacial score (nSPS) is 44.7. The van der Waals surface area contributed by atoms with E-state index < -0.39 is 108 Å². The van der Waals surface area contributed by atoms with Gasteiger partial charge in [-0.25, -0.2) is 4.79 Å². The summed E-state index contributed by atoms with van der Waals surface area (Å²) in [5, 5.41) is 61.9. The molecule has 3 saturated heterocycles. The Kier molecular flexibility index (Phi) is 16.5. The van der Waals surface area contributed by atoms with E-state index in [0.29, 0.717) is 6.42 Å². The topological polar surface area (TPSA) is 222 Å². The first kappa shape index (κ1) is 49.2. The van der Waals surface area contributed by atoms with Crippen molar-refractivity contribution in [1.82, 2.24) is 9.80 Å². The summed E-state index contributed by atoms with van der Waals surface area (Å²) in [7, 11) is 5.19. The molecule has 0 aliphatic carbocycles. The summed E-state index contributed by atoms with van der Waals surface area (Å²) in [4.78, 5) is 31.6. The number of hydrogen-bond donors (Lipinski definition) is 6. The second-order valence-electron chi connectivity index (χ2n) is 18.3. The van der Waals surface area contributed by atoms with Gasteiger partial charge in [0, 0.05) is 38.1 Å². The Bertz CT molecular complexity index is 1500. The zero-order valence-corrected chi connectivity index (χ0v) is 37.2. The number of cyclic esters (lactones) is 1. The first-order chi connectivity index (χ1) is 27.4. The van der Waals surface area contributed by atoms with E-state index in [4.69, 9.17) is 32.8 Å². The Hall–Kier alpha value is -2.42. The van der Waals surface area contributed by atoms with Crippen molar-refractivity contribution in [2.75, 3.05) is 33.1 Å². The Balaban J connectivity index is 1.86. The van der Waals surface area contributed by atoms with Crippen LogP contribution in [-0.2, 0) is 33.2 Å². The monoisotopic (exact) mass is 844 g/mol. The molecule has 0 radical (unpaired) electrons. The smallest absolute Gasteiger partial charge is 0.324 e. The summed E-state index contributed by atoms with van der Waals surface area (Å²) in [6.45, 7) is 16.7. The van der Waals surface area contributed by atoms with Crippen LogP contribution in [-0.4, -0.2) is 165 Å². The molecule has 1 aromatic heterocycles. The number of hydrogen-bond acceptors (Lipinski definition) is 15. The van der Waals surface area contributed by atoms with Crippen molar-refractivity contribution >= 4 is 17.9 Å². The number of carbonyl (C=O) groups is 2. The highest BCUT2D eigenvalue weighted by Crippen LogP contribution is 2.40. The van der Waals surface area contributed by atoms with Crippen molar-refractivity contribution in [3.63, 3.8) is 0 Å². The Morgan fingerprint density at radius 3 is 2.24 bits per heavy atom. The minimum atomic E-state index is -2.05. The largest absolute Gasteiger partial charge is 0.459 e. The van der Waals surface area contributed by atoms with Gasteiger partial charge in [-0.2, -0.15) is 0 Å². The summed E-state index contributed by atoms with van der Waals surface area (Å²) in [5.74, 6) is -3.07. The van der Waals surface area contributed by atoms with E-state index in [2.05, 4.69) is 5.32 Å². The van der Waals surface area contributed by atoms with Crippen molar-refractivity contribution in [3.05, 3.63) is 18.4 Å². The highest BCUT2D eigenvalue weighted by Gasteiger charge is 2.53. The molecule has 17 nitrogen and oxygen atoms in total. The van der Waals surface area contributed by atoms with Gasteiger partial charge >= 0.3 is 12.0 Å². The van der Waals surface area contributed by atoms with Gasteiger partial charge in [0.05, 0.1) is 53.8 Å². The summed E-state index contributed by atoms with van der Waals surface area (Å²) < 4.78 is 43.0. The number of aliphatic hydroxyl groups excluding tert-OH is 3. The number of methoxy groups -OCH3 is 1. The molecule has 0 saturated carbocycles. The zero-order chi connectivity index (χ0) is 44.4. The van der Waals surface area contributed by atoms with E-state index in [9.17, 15) is 35.1 Å². The van der Waals surface area contributed by atoms with Crippen LogP contribution in [0.4, 0.5) is 10.7 Å². The van der Waals surface area contributed by atoms with Crippen LogP contribution in [0.3, 0.4) is 0 Å². The summed E-state index contributed by atoms with van der Waals surface area (Å²) >= 11 is 0. The van der Waals surface area contributed by atoms with E-state index >= 15 is 0 Å². The number of likely N-dealkylation sites (N-methyl/N-ethyl adjacent to an activating group) is 1. The molecular formula is C42H73N3O14. The molecule has 18 atom stereocenters. The third kappa shape index (κ3) is 11.2. The molecule has 2 amide bonds. The molecule has 0 aromatic carbocycles. The SMILES string of the molecule is CCC1OC(=O)[C@H](C)[C@@H](O[C@H]2C[C@@](C)(OC)[C@@H](O)[C@H](C)O2)[C@H](C)[C@@H](O[C@@H]2O[C@H](C)C[C@H](N(C)C)[C@H]2O)[C@](C)(O)C[C@@H](C)CN(C(=O)Nc2ccco2)[C@H](C)[C@@H](O)[C@]1(C)O. The van der Waals surface area contributed by atoms with Crippen molar-refractivity contribution < 1.29 is 68.0 Å². The lowest BCUT2D eigenvalue weighted by Gasteiger charge is -2.48. The number of esters is 1. The van der Waals surface area contributed by atoms with Gasteiger partial charge in [0.15, 0.2) is 12.6 Å². The number of anilines is 1. The quantitative estimate of drug-likeness (QED) is 0.207. The molecule has 0 spiro atoms. The molecule has 6 N–H and O–H groups in total. The maximum atomic E-state index is 14.4. The van der Waals surface area contributed by atoms with E-state index in [1.165, 1.54) is 25.2 Å². The van der Waals surface area contributed by atoms with Gasteiger partial charge < -0.3 is 68.2 Å². The molecule has 340 valence electrons. The van der Waals surface area contributed by atoms with Crippen molar-refractivity contribution in [2.24, 2.45) is 17.8 Å². The lowest BCUT2D eigenvalue weighted by molar-refractivity contribution is -0.318. The van der Waals surface area contributed by atoms with Crippen molar-refractivity contribution in [1.29, 1.82) is 0 Å². The zero-order valence-electron chi connectivity index (χ0n) is 37.2. The van der Waals surface area contributed by atoms with Crippen molar-refractivity contribution in [3.8, 4) is 0 Å². The number of nitrogens with one attached hydrogen (secondary N) is 1. The van der Waals surface area contributed by atoms with E-state index in [-0.39, 0.29) is 43.8 Å². The maximum Gasteiger partial charge on any atom is 0.324 e. The standard InChI is InChI=1S/C42H73N3O14/c1-14-29-42(10,52)34(47)26(6)45(39(50)43-30-16-15-17-54-30)21-22(2)19-40(8,51)36(59-38-32(46)28(44(11)12)18-23(3)55-38)24(4)33(25(5)37(49)57-29)58-31-20-41(9,53-13)35(48)27(7)56-31/h15-17,22-29,31-36,38,46-48,51-52H,14,18-21H2,1-13H3,(H,43,50)/t22-,23-,24+,25-,26-,27+,28+,29?,31+,32-,33+,34-,35+,36-,38+,40-,41-,42-/m1/s1. The summed E-state index contributed by atoms with van der Waals surface area (Å²) in [6, 6.07) is 1.15. The van der Waals surface area contributed by atoms with Crippen LogP contribution in [0.2, 0.25) is 0 Å². The lowest BCUT2D eigenvalue weighted by atomic mass is 9.77. The number of ether oxygens (including phenoxy) is 6. The second kappa shape index (κ2) is 19.7. The number of carbonyl (C=O) groups excluding carboxylic acids is 2. The highest BCUT2D eigenvalue weighted by molar-refractivity contribution is 5.88. The first-order valence-electron chi connectivity index (χ1n) is 21.0. The van der Waals surface area contributed by atoms with Crippen LogP contribution in [0.1, 0.15) is 94.9 Å². The summed E-state index contributed by atoms with van der Waals surface area (Å²) in [6.07, 6.45) is -8.41. The Morgan fingerprint density at radius 2 is 1.66 bits per heavy atom. The predicted molar refractivity (Wildman–Crippen MR) is 216 cm³/mol. The Labute approximate surface area is 349 Å². The van der Waals surface area contributed by atoms with Crippen LogP contribution < -0.4 is 5.32 Å². The summed E-state index contributed by atoms with van der Waals surface area (Å²) in [5.41, 5.74) is -4.87. The van der Waals surface area contributed by atoms with E-state index in [0.717, 1.165) is 0 Å². The Morgan fingerprint density at radius 1 is 1.00 bits per heavy atom. The van der Waals surface area contributed by atoms with Gasteiger partial charge in [-0.05, 0) is 93.8 Å². The molecule has 1 unspecified atom stereocenters. The molecule has 17 heteroatoms. The van der Waals surface area contributed by atoms with Crippen LogP contribution in [0.5, 0.6) is 0 Å². The molecule has 4 heterocycles. The lowest BCUT2D eigenvalue weighted by Crippen LogP contribution is -2.61. The average molecular weight is 844 g/mol. The molecule has 3 aliphatic rings. The van der Waals surface area contributed by atoms with Crippen LogP contribution in [0, 0.1) is 17.8 Å². The molecule has 0 bridgehead atoms. The van der Waals surface area contributed by atoms with E-state index in [1.807, 2.05) is 32.8 Å². The first-order valence-corrected chi connectivity index (χ1v) is 21.0. The number of rotatable bonds is 8. The molecule has 59 heavy (non-hydrogen) atoms. The van der Waals surface area contributed by atoms with Gasteiger partial charge in [-0.3, -0.25) is 10.1 Å². The highest BCUT2D eigenvalue weighted by atomic mass is 16.7. The van der Waals surface area contributed by atoms with Gasteiger partial charge in [-0.1, -0.05) is 20.8 Å². The fraction of sp³-hybridized carbons (Fsp3) is 0.857. The third-order valence-electron chi connectivity index (χ3n) is 12.9. The maximum absolute atomic E-state index is 14.4. The molecule has 3 aliphatic heterocycles. The molecule has 3 fully saturated rings. The second-order valence-corrected chi connectivity index (χ2v) is 18.3. The van der Waals surface area contributed by atoms with Gasteiger partial charge in [0.2, 0.25) is 5.88 Å². The number of furan rings is 1.